The second kappa shape index (κ2) is 13.7. The third kappa shape index (κ3) is 6.45. The Hall–Kier alpha value is -5.32. The number of hydrogen-bond acceptors (Lipinski definition) is 8. The van der Waals surface area contributed by atoms with E-state index in [9.17, 15) is 24.8 Å². The Bertz CT molecular complexity index is 1980. The Morgan fingerprint density at radius 2 is 1.84 bits per heavy atom. The zero-order valence-corrected chi connectivity index (χ0v) is 27.0. The molecule has 3 heterocycles. The number of ether oxygens (including phenoxy) is 2. The summed E-state index contributed by atoms with van der Waals surface area (Å²) in [6.45, 7) is 0.480. The van der Waals surface area contributed by atoms with E-state index in [-0.39, 0.29) is 54.2 Å². The number of halogens is 1. The van der Waals surface area contributed by atoms with Gasteiger partial charge in [0.25, 0.3) is 5.69 Å². The molecule has 0 unspecified atom stereocenters. The number of hydrogen-bond donors (Lipinski definition) is 1. The van der Waals surface area contributed by atoms with E-state index in [2.05, 4.69) is 4.98 Å². The van der Waals surface area contributed by atoms with Crippen molar-refractivity contribution in [2.24, 2.45) is 17.8 Å². The number of nitro benzene ring substituents is 1. The summed E-state index contributed by atoms with van der Waals surface area (Å²) >= 11 is 6.47. The molecule has 1 N–H and O–H groups in total. The van der Waals surface area contributed by atoms with Crippen LogP contribution < -0.4 is 9.64 Å². The molecule has 2 fully saturated rings. The summed E-state index contributed by atoms with van der Waals surface area (Å²) in [7, 11) is 0. The molecule has 10 nitrogen and oxygen atoms in total. The number of carbonyl (C=O) groups is 2. The number of nitrogens with zero attached hydrogens (tertiary/aromatic N) is 3. The number of aromatic nitrogens is 1. The molecule has 3 aliphatic rings. The van der Waals surface area contributed by atoms with Gasteiger partial charge < -0.3 is 14.6 Å². The molecule has 0 radical (unpaired) electrons. The van der Waals surface area contributed by atoms with E-state index in [1.807, 2.05) is 54.6 Å². The lowest BCUT2D eigenvalue weighted by atomic mass is 9.69. The summed E-state index contributed by atoms with van der Waals surface area (Å²) < 4.78 is 12.7. The summed E-state index contributed by atoms with van der Waals surface area (Å²) in [5.41, 5.74) is 4.32. The molecule has 11 heteroatoms. The summed E-state index contributed by atoms with van der Waals surface area (Å²) in [6, 6.07) is 25.5. The van der Waals surface area contributed by atoms with Gasteiger partial charge in [0.15, 0.2) is 0 Å². The number of amides is 2. The fraction of sp³-hybridized carbons (Fsp3) is 0.237. The van der Waals surface area contributed by atoms with Crippen LogP contribution in [0.15, 0.2) is 108 Å². The molecule has 4 atom stereocenters. The molecule has 2 amide bonds. The number of phenols is 1. The van der Waals surface area contributed by atoms with Crippen molar-refractivity contribution >= 4 is 46.4 Å². The van der Waals surface area contributed by atoms with Gasteiger partial charge in [0, 0.05) is 24.2 Å². The molecule has 0 bridgehead atoms. The van der Waals surface area contributed by atoms with E-state index in [4.69, 9.17) is 21.1 Å². The highest BCUT2D eigenvalue weighted by Gasteiger charge is 2.57. The van der Waals surface area contributed by atoms with E-state index < -0.39 is 16.8 Å². The molecule has 2 aliphatic heterocycles. The molecule has 3 aromatic carbocycles. The summed E-state index contributed by atoms with van der Waals surface area (Å²) in [4.78, 5) is 44.6. The topological polar surface area (TPSA) is 132 Å². The molecule has 1 aromatic heterocycles. The highest BCUT2D eigenvalue weighted by molar-refractivity contribution is 6.32. The van der Waals surface area contributed by atoms with Gasteiger partial charge in [-0.2, -0.15) is 0 Å². The summed E-state index contributed by atoms with van der Waals surface area (Å²) in [5.74, 6) is -1.65. The van der Waals surface area contributed by atoms with Gasteiger partial charge in [-0.15, -0.1) is 0 Å². The van der Waals surface area contributed by atoms with Crippen LogP contribution in [0, 0.1) is 27.9 Å². The number of rotatable bonds is 10. The maximum atomic E-state index is 14.1. The van der Waals surface area contributed by atoms with Crippen LogP contribution in [-0.4, -0.2) is 46.1 Å². The number of nitro groups is 1. The molecule has 248 valence electrons. The number of pyridine rings is 1. The Kier molecular flexibility index (Phi) is 8.99. The largest absolute Gasteiger partial charge is 0.508 e. The van der Waals surface area contributed by atoms with Gasteiger partial charge in [0.1, 0.15) is 18.1 Å². The lowest BCUT2D eigenvalue weighted by molar-refractivity contribution is -0.384. The van der Waals surface area contributed by atoms with E-state index >= 15 is 0 Å². The average molecular weight is 678 g/mol. The minimum absolute atomic E-state index is 0.0729. The molecule has 2 saturated heterocycles. The van der Waals surface area contributed by atoms with Crippen LogP contribution >= 0.6 is 11.6 Å². The van der Waals surface area contributed by atoms with Crippen LogP contribution in [0.1, 0.15) is 30.5 Å². The summed E-state index contributed by atoms with van der Waals surface area (Å²) in [6.07, 6.45) is 4.76. The van der Waals surface area contributed by atoms with Crippen LogP contribution in [-0.2, 0) is 14.3 Å². The molecule has 49 heavy (non-hydrogen) atoms. The predicted molar refractivity (Wildman–Crippen MR) is 184 cm³/mol. The maximum Gasteiger partial charge on any atom is 0.271 e. The van der Waals surface area contributed by atoms with Crippen molar-refractivity contribution in [1.29, 1.82) is 0 Å². The first kappa shape index (κ1) is 32.2. The van der Waals surface area contributed by atoms with Gasteiger partial charge in [-0.3, -0.25) is 24.7 Å². The van der Waals surface area contributed by atoms with Crippen molar-refractivity contribution < 1.29 is 29.1 Å². The number of imide groups is 1. The average Bonchev–Trinajstić information content (AvgIpc) is 3.65. The second-order valence-corrected chi connectivity index (χ2v) is 12.8. The third-order valence-corrected chi connectivity index (χ3v) is 9.77. The standard InChI is InChI=1S/C38H32ClN3O7/c39-32-20-28(43)14-12-23(32)17-24(33-11-4-5-16-40-33)13-15-34-35-25(21-48-29-9-2-1-3-10-29)18-30-36(31(35)22-49-34)38(45)41(37(30)44)26-7-6-8-27(19-26)42(46)47/h1-12,14,16-17,19-20,30-31,34,36,43H,13,15,18,21-22H2/b24-17-/t30-,31+,34-,36-/m1/s1. The Morgan fingerprint density at radius 1 is 1.02 bits per heavy atom. The number of fused-ring (bicyclic) bond motifs is 3. The number of allylic oxidation sites excluding steroid dienone is 1. The molecule has 7 rings (SSSR count). The van der Waals surface area contributed by atoms with Crippen molar-refractivity contribution in [1.82, 2.24) is 4.98 Å². The lowest BCUT2D eigenvalue weighted by Crippen LogP contribution is -2.35. The van der Waals surface area contributed by atoms with Gasteiger partial charge >= 0.3 is 0 Å². The number of anilines is 1. The SMILES string of the molecule is O=C1[C@@H]2[C@@H](CC(COc3ccccc3)=C3[C@@H](CC/C(=C/c4ccc(O)cc4Cl)c4ccccn4)OC[C@@H]32)C(=O)N1c1cccc([N+](=O)[O-])c1. The Balaban J connectivity index is 1.21. The zero-order chi connectivity index (χ0) is 34.1. The van der Waals surface area contributed by atoms with Crippen molar-refractivity contribution in [2.45, 2.75) is 25.4 Å². The lowest BCUT2D eigenvalue weighted by Gasteiger charge is -2.31. The van der Waals surface area contributed by atoms with Crippen LogP contribution in [0.4, 0.5) is 11.4 Å². The van der Waals surface area contributed by atoms with Crippen molar-refractivity contribution in [3.05, 3.63) is 135 Å². The first-order valence-corrected chi connectivity index (χ1v) is 16.4. The highest BCUT2D eigenvalue weighted by atomic mass is 35.5. The second-order valence-electron chi connectivity index (χ2n) is 12.3. The molecular formula is C38H32ClN3O7. The number of phenolic OH excluding ortho intramolecular Hbond substituents is 1. The number of aromatic hydroxyl groups is 1. The first-order chi connectivity index (χ1) is 23.8. The molecule has 0 saturated carbocycles. The molecular weight excluding hydrogens is 646 g/mol. The number of non-ortho nitro benzene ring substituents is 1. The minimum Gasteiger partial charge on any atom is -0.508 e. The predicted octanol–water partition coefficient (Wildman–Crippen LogP) is 7.27. The van der Waals surface area contributed by atoms with Crippen molar-refractivity contribution in [3.8, 4) is 11.5 Å². The van der Waals surface area contributed by atoms with Crippen LogP contribution in [0.3, 0.4) is 0 Å². The molecule has 1 aliphatic carbocycles. The highest BCUT2D eigenvalue weighted by Crippen LogP contribution is 2.51. The van der Waals surface area contributed by atoms with E-state index in [0.717, 1.165) is 32.9 Å². The third-order valence-electron chi connectivity index (χ3n) is 9.45. The summed E-state index contributed by atoms with van der Waals surface area (Å²) in [5, 5.41) is 21.8. The molecule has 4 aromatic rings. The Labute approximate surface area is 287 Å². The number of carbonyl (C=O) groups excluding carboxylic acids is 2. The zero-order valence-electron chi connectivity index (χ0n) is 26.3. The van der Waals surface area contributed by atoms with Crippen molar-refractivity contribution in [2.75, 3.05) is 18.1 Å². The van der Waals surface area contributed by atoms with Gasteiger partial charge in [-0.1, -0.05) is 41.9 Å². The quantitative estimate of drug-likeness (QED) is 0.0802. The van der Waals surface area contributed by atoms with Crippen molar-refractivity contribution in [3.63, 3.8) is 0 Å². The van der Waals surface area contributed by atoms with Gasteiger partial charge in [0.05, 0.1) is 45.9 Å². The van der Waals surface area contributed by atoms with Gasteiger partial charge in [-0.05, 0) is 96.2 Å². The fourth-order valence-electron chi connectivity index (χ4n) is 7.23. The molecule has 0 spiro atoms. The minimum atomic E-state index is -0.658. The van der Waals surface area contributed by atoms with Crippen LogP contribution in [0.2, 0.25) is 5.02 Å². The van der Waals surface area contributed by atoms with Crippen LogP contribution in [0.5, 0.6) is 11.5 Å². The van der Waals surface area contributed by atoms with Gasteiger partial charge in [0.2, 0.25) is 11.8 Å². The van der Waals surface area contributed by atoms with Gasteiger partial charge in [-0.25, -0.2) is 4.90 Å². The van der Waals surface area contributed by atoms with E-state index in [1.54, 1.807) is 24.4 Å². The van der Waals surface area contributed by atoms with Crippen LogP contribution in [0.25, 0.3) is 11.6 Å². The first-order valence-electron chi connectivity index (χ1n) is 16.0. The van der Waals surface area contributed by atoms with E-state index in [0.29, 0.717) is 30.0 Å². The maximum absolute atomic E-state index is 14.1. The smallest absolute Gasteiger partial charge is 0.271 e. The van der Waals surface area contributed by atoms with E-state index in [1.165, 1.54) is 24.3 Å². The number of para-hydroxylation sites is 1. The number of benzene rings is 3. The fourth-order valence-corrected chi connectivity index (χ4v) is 7.46. The Morgan fingerprint density at radius 3 is 2.59 bits per heavy atom. The normalized spacial score (nSPS) is 21.9. The monoisotopic (exact) mass is 677 g/mol.